The van der Waals surface area contributed by atoms with Crippen molar-refractivity contribution in [1.82, 2.24) is 4.90 Å². The number of aromatic hydroxyl groups is 1. The molecule has 0 bridgehead atoms. The number of hydrogen-bond acceptors (Lipinski definition) is 6. The third-order valence-corrected chi connectivity index (χ3v) is 4.94. The van der Waals surface area contributed by atoms with E-state index in [-0.39, 0.29) is 16.9 Å². The normalized spacial score (nSPS) is 11.2. The number of phenolic OH excluding ortho intramolecular Hbond substituents is 1. The fourth-order valence-electron chi connectivity index (χ4n) is 3.36. The van der Waals surface area contributed by atoms with Gasteiger partial charge in [-0.2, -0.15) is 0 Å². The van der Waals surface area contributed by atoms with E-state index in [2.05, 4.69) is 11.8 Å². The molecule has 160 valence electrons. The highest BCUT2D eigenvalue weighted by molar-refractivity contribution is 5.83. The zero-order chi connectivity index (χ0) is 21.7. The molecule has 0 spiro atoms. The molecule has 0 fully saturated rings. The summed E-state index contributed by atoms with van der Waals surface area (Å²) >= 11 is 0. The van der Waals surface area contributed by atoms with Gasteiger partial charge in [0, 0.05) is 6.54 Å². The lowest BCUT2D eigenvalue weighted by atomic mass is 10.1. The third-order valence-electron chi connectivity index (χ3n) is 4.94. The molecule has 1 aromatic heterocycles. The van der Waals surface area contributed by atoms with E-state index in [1.54, 1.807) is 25.1 Å². The van der Waals surface area contributed by atoms with Crippen LogP contribution in [0.3, 0.4) is 0 Å². The lowest BCUT2D eigenvalue weighted by Crippen LogP contribution is -2.19. The molecular formula is C24H29NO5. The van der Waals surface area contributed by atoms with Gasteiger partial charge in [-0.1, -0.05) is 25.5 Å². The quantitative estimate of drug-likeness (QED) is 0.520. The number of unbranched alkanes of at least 4 members (excludes halogenated alkanes) is 1. The number of benzene rings is 2. The van der Waals surface area contributed by atoms with Crippen LogP contribution in [-0.2, 0) is 6.54 Å². The second-order valence-electron chi connectivity index (χ2n) is 7.33. The van der Waals surface area contributed by atoms with Crippen molar-refractivity contribution in [2.45, 2.75) is 40.2 Å². The van der Waals surface area contributed by atoms with Gasteiger partial charge in [0.05, 0.1) is 17.6 Å². The number of aryl methyl sites for hydroxylation is 1. The Morgan fingerprint density at radius 1 is 1.10 bits per heavy atom. The van der Waals surface area contributed by atoms with Crippen molar-refractivity contribution in [1.29, 1.82) is 0 Å². The molecular weight excluding hydrogens is 382 g/mol. The van der Waals surface area contributed by atoms with Crippen LogP contribution >= 0.6 is 0 Å². The Labute approximate surface area is 176 Å². The average molecular weight is 411 g/mol. The summed E-state index contributed by atoms with van der Waals surface area (Å²) in [6.07, 6.45) is 2.15. The molecule has 0 saturated heterocycles. The van der Waals surface area contributed by atoms with Crippen molar-refractivity contribution < 1.29 is 19.0 Å². The van der Waals surface area contributed by atoms with Crippen molar-refractivity contribution in [3.8, 4) is 23.0 Å². The minimum atomic E-state index is -0.280. The first kappa shape index (κ1) is 21.7. The number of fused-ring (bicyclic) bond motifs is 1. The summed E-state index contributed by atoms with van der Waals surface area (Å²) in [6.45, 7) is 7.58. The molecule has 0 saturated carbocycles. The topological polar surface area (TPSA) is 72.1 Å². The van der Waals surface area contributed by atoms with Crippen molar-refractivity contribution in [2.24, 2.45) is 0 Å². The molecule has 6 nitrogen and oxygen atoms in total. The van der Waals surface area contributed by atoms with Gasteiger partial charge >= 0.3 is 0 Å². The summed E-state index contributed by atoms with van der Waals surface area (Å²) in [6, 6.07) is 10.3. The first-order valence-corrected chi connectivity index (χ1v) is 10.3. The highest BCUT2D eigenvalue weighted by atomic mass is 16.5. The third kappa shape index (κ3) is 4.60. The SMILES string of the molecule is CCCCN(C)Cc1c(O)ccc2c(=O)c(Oc3ccccc3OCC)c(C)oc12. The molecule has 30 heavy (non-hydrogen) atoms. The molecule has 0 aliphatic carbocycles. The summed E-state index contributed by atoms with van der Waals surface area (Å²) in [5.41, 5.74) is 0.719. The number of rotatable bonds is 9. The molecule has 0 amide bonds. The number of ether oxygens (including phenoxy) is 2. The Morgan fingerprint density at radius 2 is 1.83 bits per heavy atom. The lowest BCUT2D eigenvalue weighted by Gasteiger charge is -2.18. The van der Waals surface area contributed by atoms with Gasteiger partial charge in [0.25, 0.3) is 0 Å². The molecule has 1 N–H and O–H groups in total. The van der Waals surface area contributed by atoms with Gasteiger partial charge in [0.15, 0.2) is 11.5 Å². The van der Waals surface area contributed by atoms with E-state index >= 15 is 0 Å². The standard InChI is InChI=1S/C24H29NO5/c1-5-7-14-25(4)15-18-19(26)13-12-17-22(27)23(16(3)29-24(17)18)30-21-11-9-8-10-20(21)28-6-2/h8-13,26H,5-7,14-15H2,1-4H3. The van der Waals surface area contributed by atoms with E-state index in [0.717, 1.165) is 19.4 Å². The van der Waals surface area contributed by atoms with Crippen LogP contribution in [-0.4, -0.2) is 30.2 Å². The first-order valence-electron chi connectivity index (χ1n) is 10.3. The molecule has 0 aliphatic rings. The van der Waals surface area contributed by atoms with Crippen molar-refractivity contribution in [2.75, 3.05) is 20.2 Å². The van der Waals surface area contributed by atoms with Gasteiger partial charge in [-0.15, -0.1) is 0 Å². The maximum Gasteiger partial charge on any atom is 0.235 e. The minimum Gasteiger partial charge on any atom is -0.507 e. The Kier molecular flexibility index (Phi) is 7.00. The molecule has 1 heterocycles. The van der Waals surface area contributed by atoms with Crippen LogP contribution in [0.1, 0.15) is 38.0 Å². The molecule has 0 unspecified atom stereocenters. The Bertz CT molecular complexity index is 1070. The monoisotopic (exact) mass is 411 g/mol. The first-order chi connectivity index (χ1) is 14.5. The van der Waals surface area contributed by atoms with Crippen molar-refractivity contribution in [3.63, 3.8) is 0 Å². The average Bonchev–Trinajstić information content (AvgIpc) is 2.73. The summed E-state index contributed by atoms with van der Waals surface area (Å²) in [4.78, 5) is 15.3. The van der Waals surface area contributed by atoms with Gasteiger partial charge in [0.1, 0.15) is 17.1 Å². The van der Waals surface area contributed by atoms with Gasteiger partial charge in [-0.05, 0) is 58.1 Å². The predicted molar refractivity (Wildman–Crippen MR) is 118 cm³/mol. The highest BCUT2D eigenvalue weighted by Crippen LogP contribution is 2.34. The highest BCUT2D eigenvalue weighted by Gasteiger charge is 2.20. The van der Waals surface area contributed by atoms with Crippen LogP contribution in [0, 0.1) is 6.92 Å². The maximum atomic E-state index is 13.2. The number of hydrogen-bond donors (Lipinski definition) is 1. The molecule has 0 aliphatic heterocycles. The predicted octanol–water partition coefficient (Wildman–Crippen LogP) is 5.23. The smallest absolute Gasteiger partial charge is 0.235 e. The molecule has 3 aromatic rings. The number of para-hydroxylation sites is 2. The minimum absolute atomic E-state index is 0.115. The van der Waals surface area contributed by atoms with E-state index in [1.807, 2.05) is 26.1 Å². The Balaban J connectivity index is 2.04. The number of phenols is 1. The Morgan fingerprint density at radius 3 is 2.53 bits per heavy atom. The fraction of sp³-hybridized carbons (Fsp3) is 0.375. The fourth-order valence-corrected chi connectivity index (χ4v) is 3.36. The van der Waals surface area contributed by atoms with Crippen LogP contribution in [0.4, 0.5) is 0 Å². The van der Waals surface area contributed by atoms with Crippen molar-refractivity contribution in [3.05, 3.63) is 57.9 Å². The zero-order valence-electron chi connectivity index (χ0n) is 18.0. The molecule has 0 atom stereocenters. The van der Waals surface area contributed by atoms with Gasteiger partial charge in [-0.25, -0.2) is 0 Å². The second kappa shape index (κ2) is 9.67. The van der Waals surface area contributed by atoms with Gasteiger partial charge < -0.3 is 23.9 Å². The summed E-state index contributed by atoms with van der Waals surface area (Å²) in [7, 11) is 1.99. The van der Waals surface area contributed by atoms with Gasteiger partial charge in [-0.3, -0.25) is 4.79 Å². The van der Waals surface area contributed by atoms with Crippen LogP contribution in [0.5, 0.6) is 23.0 Å². The maximum absolute atomic E-state index is 13.2. The number of nitrogens with zero attached hydrogens (tertiary/aromatic N) is 1. The zero-order valence-corrected chi connectivity index (χ0v) is 18.0. The van der Waals surface area contributed by atoms with E-state index < -0.39 is 0 Å². The Hall–Kier alpha value is -2.99. The van der Waals surface area contributed by atoms with Gasteiger partial charge in [0.2, 0.25) is 11.2 Å². The largest absolute Gasteiger partial charge is 0.507 e. The van der Waals surface area contributed by atoms with Crippen LogP contribution in [0.25, 0.3) is 11.0 Å². The van der Waals surface area contributed by atoms with E-state index in [0.29, 0.717) is 46.9 Å². The lowest BCUT2D eigenvalue weighted by molar-refractivity contribution is 0.312. The van der Waals surface area contributed by atoms with E-state index in [9.17, 15) is 9.90 Å². The second-order valence-corrected chi connectivity index (χ2v) is 7.33. The molecule has 2 aromatic carbocycles. The summed E-state index contributed by atoms with van der Waals surface area (Å²) < 4.78 is 17.5. The van der Waals surface area contributed by atoms with E-state index in [1.165, 1.54) is 6.07 Å². The van der Waals surface area contributed by atoms with Crippen LogP contribution in [0.15, 0.2) is 45.6 Å². The summed E-state index contributed by atoms with van der Waals surface area (Å²) in [5, 5.41) is 10.8. The molecule has 0 radical (unpaired) electrons. The summed E-state index contributed by atoms with van der Waals surface area (Å²) in [5.74, 6) is 1.59. The van der Waals surface area contributed by atoms with E-state index in [4.69, 9.17) is 13.9 Å². The molecule has 3 rings (SSSR count). The van der Waals surface area contributed by atoms with Crippen LogP contribution < -0.4 is 14.9 Å². The molecule has 6 heteroatoms. The van der Waals surface area contributed by atoms with Crippen LogP contribution in [0.2, 0.25) is 0 Å². The van der Waals surface area contributed by atoms with Crippen molar-refractivity contribution >= 4 is 11.0 Å².